The van der Waals surface area contributed by atoms with Crippen LogP contribution in [0.15, 0.2) is 24.3 Å². The van der Waals surface area contributed by atoms with Crippen molar-refractivity contribution in [2.75, 3.05) is 30.4 Å². The number of piperidine rings is 1. The highest BCUT2D eigenvalue weighted by Gasteiger charge is 2.26. The summed E-state index contributed by atoms with van der Waals surface area (Å²) in [7, 11) is 1.77. The maximum absolute atomic E-state index is 13.0. The number of anilines is 2. The minimum absolute atomic E-state index is 0.0195. The van der Waals surface area contributed by atoms with Crippen molar-refractivity contribution in [3.63, 3.8) is 0 Å². The van der Waals surface area contributed by atoms with E-state index in [9.17, 15) is 9.18 Å². The Balaban J connectivity index is 1.54. The van der Waals surface area contributed by atoms with Crippen LogP contribution < -0.4 is 15.5 Å². The van der Waals surface area contributed by atoms with Gasteiger partial charge in [0.15, 0.2) is 0 Å². The van der Waals surface area contributed by atoms with Crippen LogP contribution in [0, 0.1) is 12.8 Å². The maximum Gasteiger partial charge on any atom is 0.230 e. The summed E-state index contributed by atoms with van der Waals surface area (Å²) in [5, 5.41) is 5.89. The smallest absolute Gasteiger partial charge is 0.230 e. The molecule has 2 aromatic rings. The molecule has 0 aliphatic carbocycles. The first-order valence-corrected chi connectivity index (χ1v) is 9.16. The van der Waals surface area contributed by atoms with Crippen molar-refractivity contribution >= 4 is 17.8 Å². The molecule has 144 valence electrons. The molecule has 0 radical (unpaired) electrons. The lowest BCUT2D eigenvalue weighted by molar-refractivity contribution is -0.125. The summed E-state index contributed by atoms with van der Waals surface area (Å²) in [4.78, 5) is 27.6. The van der Waals surface area contributed by atoms with Crippen molar-refractivity contribution < 1.29 is 9.18 Å². The molecule has 2 heterocycles. The Labute approximate surface area is 158 Å². The fourth-order valence-electron chi connectivity index (χ4n) is 3.25. The summed E-state index contributed by atoms with van der Waals surface area (Å²) < 4.78 is 13.0. The van der Waals surface area contributed by atoms with Crippen LogP contribution >= 0.6 is 0 Å². The third-order valence-electron chi connectivity index (χ3n) is 4.82. The molecule has 1 fully saturated rings. The molecule has 1 saturated heterocycles. The summed E-state index contributed by atoms with van der Waals surface area (Å²) in [6.45, 7) is 3.10. The van der Waals surface area contributed by atoms with E-state index < -0.39 is 6.67 Å². The highest BCUT2D eigenvalue weighted by atomic mass is 19.1. The minimum atomic E-state index is -0.523. The van der Waals surface area contributed by atoms with Crippen LogP contribution in [0.4, 0.5) is 16.3 Å². The summed E-state index contributed by atoms with van der Waals surface area (Å²) in [5.74, 6) is 1.82. The zero-order valence-electron chi connectivity index (χ0n) is 15.7. The number of hydrogen-bond donors (Lipinski definition) is 2. The average Bonchev–Trinajstić information content (AvgIpc) is 2.71. The van der Waals surface area contributed by atoms with Crippen LogP contribution in [0.5, 0.6) is 0 Å². The Morgan fingerprint density at radius 3 is 2.56 bits per heavy atom. The highest BCUT2D eigenvalue weighted by Crippen LogP contribution is 2.22. The van der Waals surface area contributed by atoms with Gasteiger partial charge in [-0.05, 0) is 30.9 Å². The monoisotopic (exact) mass is 372 g/mol. The van der Waals surface area contributed by atoms with Crippen LogP contribution in [0.25, 0.3) is 0 Å². The molecule has 1 aliphatic heterocycles. The Morgan fingerprint density at radius 2 is 1.89 bits per heavy atom. The Hall–Kier alpha value is -2.77. The van der Waals surface area contributed by atoms with Crippen LogP contribution in [-0.2, 0) is 18.0 Å². The largest absolute Gasteiger partial charge is 0.357 e. The molecule has 2 N–H and O–H groups in total. The Bertz CT molecular complexity index is 792. The van der Waals surface area contributed by atoms with Gasteiger partial charge in [-0.15, -0.1) is 0 Å². The number of carbonyl (C=O) groups is 1. The average molecular weight is 372 g/mol. The van der Waals surface area contributed by atoms with Crippen molar-refractivity contribution in [1.29, 1.82) is 0 Å². The molecule has 0 saturated carbocycles. The number of aryl methyl sites for hydroxylation is 1. The van der Waals surface area contributed by atoms with Crippen molar-refractivity contribution in [1.82, 2.24) is 20.3 Å². The van der Waals surface area contributed by atoms with Crippen molar-refractivity contribution in [2.45, 2.75) is 33.0 Å². The molecule has 27 heavy (non-hydrogen) atoms. The number of halogens is 1. The van der Waals surface area contributed by atoms with E-state index in [0.29, 0.717) is 42.9 Å². The number of amides is 1. The zero-order chi connectivity index (χ0) is 19.2. The normalized spacial score (nSPS) is 14.9. The minimum Gasteiger partial charge on any atom is -0.357 e. The van der Waals surface area contributed by atoms with Gasteiger partial charge in [0, 0.05) is 32.6 Å². The lowest BCUT2D eigenvalue weighted by atomic mass is 9.96. The Morgan fingerprint density at radius 1 is 1.19 bits per heavy atom. The fraction of sp³-hybridized carbons (Fsp3) is 0.474. The summed E-state index contributed by atoms with van der Waals surface area (Å²) in [5.41, 5.74) is 1.45. The van der Waals surface area contributed by atoms with E-state index in [1.54, 1.807) is 19.2 Å². The predicted molar refractivity (Wildman–Crippen MR) is 102 cm³/mol. The van der Waals surface area contributed by atoms with Crippen molar-refractivity contribution in [3.05, 3.63) is 41.2 Å². The number of hydrogen-bond acceptors (Lipinski definition) is 6. The molecule has 0 atom stereocenters. The molecule has 1 aromatic carbocycles. The number of rotatable bonds is 6. The highest BCUT2D eigenvalue weighted by molar-refractivity contribution is 5.79. The maximum atomic E-state index is 13.0. The Kier molecular flexibility index (Phi) is 6.16. The topological polar surface area (TPSA) is 83.0 Å². The van der Waals surface area contributed by atoms with Gasteiger partial charge < -0.3 is 15.5 Å². The number of carbonyl (C=O) groups excluding carboxylic acids is 1. The van der Waals surface area contributed by atoms with E-state index in [2.05, 4.69) is 30.5 Å². The summed E-state index contributed by atoms with van der Waals surface area (Å²) in [6.07, 6.45) is 1.46. The second-order valence-corrected chi connectivity index (χ2v) is 6.64. The van der Waals surface area contributed by atoms with Gasteiger partial charge in [-0.25, -0.2) is 4.39 Å². The van der Waals surface area contributed by atoms with Gasteiger partial charge in [-0.2, -0.15) is 15.0 Å². The van der Waals surface area contributed by atoms with E-state index in [4.69, 9.17) is 0 Å². The van der Waals surface area contributed by atoms with Gasteiger partial charge in [0.1, 0.15) is 12.5 Å². The van der Waals surface area contributed by atoms with Crippen molar-refractivity contribution in [3.8, 4) is 0 Å². The van der Waals surface area contributed by atoms with Crippen LogP contribution in [0.2, 0.25) is 0 Å². The third-order valence-corrected chi connectivity index (χ3v) is 4.82. The lowest BCUT2D eigenvalue weighted by Crippen LogP contribution is -2.41. The van der Waals surface area contributed by atoms with E-state index in [-0.39, 0.29) is 11.8 Å². The van der Waals surface area contributed by atoms with E-state index in [1.165, 1.54) is 0 Å². The lowest BCUT2D eigenvalue weighted by Gasteiger charge is -2.31. The third kappa shape index (κ3) is 4.69. The van der Waals surface area contributed by atoms with Crippen LogP contribution in [0.1, 0.15) is 29.8 Å². The molecule has 1 aliphatic rings. The second kappa shape index (κ2) is 8.75. The molecule has 0 unspecified atom stereocenters. The van der Waals surface area contributed by atoms with E-state index >= 15 is 0 Å². The van der Waals surface area contributed by atoms with Gasteiger partial charge in [0.25, 0.3) is 0 Å². The van der Waals surface area contributed by atoms with Gasteiger partial charge in [0.2, 0.25) is 17.8 Å². The summed E-state index contributed by atoms with van der Waals surface area (Å²) >= 11 is 0. The first kappa shape index (κ1) is 19.0. The molecule has 8 heteroatoms. The predicted octanol–water partition coefficient (Wildman–Crippen LogP) is 2.22. The fourth-order valence-corrected chi connectivity index (χ4v) is 3.25. The number of nitrogens with one attached hydrogen (secondary N) is 2. The van der Waals surface area contributed by atoms with E-state index in [0.717, 1.165) is 18.4 Å². The molecule has 1 aromatic heterocycles. The molecule has 3 rings (SSSR count). The van der Waals surface area contributed by atoms with Crippen LogP contribution in [-0.4, -0.2) is 41.0 Å². The van der Waals surface area contributed by atoms with Gasteiger partial charge >= 0.3 is 0 Å². The number of alkyl halides is 1. The molecular weight excluding hydrogens is 347 g/mol. The SMILES string of the molecule is CNc1nc(C)nc(N2CCC(C(=O)NCc3ccccc3CF)CC2)n1. The first-order valence-electron chi connectivity index (χ1n) is 9.16. The van der Waals surface area contributed by atoms with Crippen molar-refractivity contribution in [2.24, 2.45) is 5.92 Å². The van der Waals surface area contributed by atoms with Gasteiger partial charge in [0.05, 0.1) is 0 Å². The first-order chi connectivity index (χ1) is 13.1. The number of aromatic nitrogens is 3. The molecular formula is C19H25FN6O. The van der Waals surface area contributed by atoms with E-state index in [1.807, 2.05) is 19.1 Å². The zero-order valence-corrected chi connectivity index (χ0v) is 15.7. The standard InChI is InChI=1S/C19H25FN6O/c1-13-23-18(21-2)25-19(24-13)26-9-7-14(8-10-26)17(27)22-12-16-6-4-3-5-15(16)11-20/h3-6,14H,7-12H2,1-2H3,(H,22,27)(H,21,23,24,25). The second-order valence-electron chi connectivity index (χ2n) is 6.64. The van der Waals surface area contributed by atoms with Gasteiger partial charge in [-0.3, -0.25) is 4.79 Å². The number of nitrogens with zero attached hydrogens (tertiary/aromatic N) is 4. The van der Waals surface area contributed by atoms with Crippen LogP contribution in [0.3, 0.4) is 0 Å². The molecule has 7 nitrogen and oxygen atoms in total. The molecule has 0 bridgehead atoms. The number of benzene rings is 1. The molecule has 1 amide bonds. The quantitative estimate of drug-likeness (QED) is 0.809. The van der Waals surface area contributed by atoms with Gasteiger partial charge in [-0.1, -0.05) is 24.3 Å². The summed E-state index contributed by atoms with van der Waals surface area (Å²) in [6, 6.07) is 7.25. The molecule has 0 spiro atoms.